The molecule has 0 radical (unpaired) electrons. The average Bonchev–Trinajstić information content (AvgIpc) is 3.07. The maximum Gasteiger partial charge on any atom is 0.433 e. The number of hydrogen-bond donors (Lipinski definition) is 1. The number of halogens is 5. The number of alkyl halides is 3. The molecule has 11 heteroatoms. The Labute approximate surface area is 182 Å². The number of anilines is 2. The van der Waals surface area contributed by atoms with Gasteiger partial charge in [0.2, 0.25) is 0 Å². The molecule has 0 bridgehead atoms. The van der Waals surface area contributed by atoms with Crippen molar-refractivity contribution in [1.29, 1.82) is 0 Å². The minimum absolute atomic E-state index is 0.00734. The predicted octanol–water partition coefficient (Wildman–Crippen LogP) is 6.45. The van der Waals surface area contributed by atoms with Gasteiger partial charge in [0, 0.05) is 16.5 Å². The first-order valence-electron chi connectivity index (χ1n) is 8.59. The molecule has 0 amide bonds. The average molecular weight is 470 g/mol. The van der Waals surface area contributed by atoms with E-state index >= 15 is 0 Å². The van der Waals surface area contributed by atoms with Gasteiger partial charge in [0.1, 0.15) is 32.7 Å². The van der Waals surface area contributed by atoms with Crippen LogP contribution in [-0.2, 0) is 12.6 Å². The Morgan fingerprint density at radius 3 is 2.37 bits per heavy atom. The fraction of sp³-hybridized carbons (Fsp3) is 0.158. The topological polar surface area (TPSA) is 63.6 Å². The molecular weight excluding hydrogens is 458 g/mol. The van der Waals surface area contributed by atoms with Crippen LogP contribution in [0.1, 0.15) is 22.1 Å². The van der Waals surface area contributed by atoms with E-state index in [0.717, 1.165) is 11.6 Å². The first kappa shape index (κ1) is 20.8. The van der Waals surface area contributed by atoms with Crippen LogP contribution in [0, 0.1) is 6.92 Å². The largest absolute Gasteiger partial charge is 0.433 e. The summed E-state index contributed by atoms with van der Waals surface area (Å²) < 4.78 is 38.9. The third kappa shape index (κ3) is 4.33. The molecule has 0 fully saturated rings. The van der Waals surface area contributed by atoms with Gasteiger partial charge in [-0.2, -0.15) is 13.2 Å². The van der Waals surface area contributed by atoms with E-state index in [0.29, 0.717) is 37.6 Å². The number of hydrogen-bond acceptors (Lipinski definition) is 6. The third-order valence-corrected chi connectivity index (χ3v) is 5.75. The van der Waals surface area contributed by atoms with Crippen molar-refractivity contribution in [1.82, 2.24) is 19.9 Å². The van der Waals surface area contributed by atoms with Crippen molar-refractivity contribution in [2.24, 2.45) is 0 Å². The highest BCUT2D eigenvalue weighted by molar-refractivity contribution is 7.18. The van der Waals surface area contributed by atoms with Crippen LogP contribution in [0.4, 0.5) is 24.8 Å². The first-order valence-corrected chi connectivity index (χ1v) is 10.2. The zero-order valence-corrected chi connectivity index (χ0v) is 17.6. The summed E-state index contributed by atoms with van der Waals surface area (Å²) in [5, 5.41) is 4.57. The second kappa shape index (κ2) is 7.98. The van der Waals surface area contributed by atoms with Gasteiger partial charge < -0.3 is 5.32 Å². The van der Waals surface area contributed by atoms with Crippen molar-refractivity contribution in [3.63, 3.8) is 0 Å². The van der Waals surface area contributed by atoms with E-state index in [9.17, 15) is 13.2 Å². The highest BCUT2D eigenvalue weighted by Crippen LogP contribution is 2.33. The molecule has 3 heterocycles. The maximum absolute atomic E-state index is 13.0. The summed E-state index contributed by atoms with van der Waals surface area (Å²) in [6, 6.07) is 8.84. The summed E-state index contributed by atoms with van der Waals surface area (Å²) >= 11 is 13.8. The smallest absolute Gasteiger partial charge is 0.323 e. The standard InChI is InChI=1S/C19H12Cl2F3N5S/c1-9-25-17(28-14-7-3-6-13(27-14)19(22,23)24)16-18(26-9)30-15(29-16)8-10-11(20)4-2-5-12(10)21/h2-7H,8H2,1H3,(H,25,26,27,28). The van der Waals surface area contributed by atoms with Crippen LogP contribution in [0.2, 0.25) is 10.0 Å². The Kier molecular flexibility index (Phi) is 5.52. The molecule has 0 aliphatic rings. The normalized spacial score (nSPS) is 11.8. The molecule has 30 heavy (non-hydrogen) atoms. The number of aromatic nitrogens is 4. The van der Waals surface area contributed by atoms with Gasteiger partial charge in [-0.3, -0.25) is 0 Å². The van der Waals surface area contributed by atoms with Gasteiger partial charge in [0.25, 0.3) is 0 Å². The maximum atomic E-state index is 13.0. The van der Waals surface area contributed by atoms with Crippen LogP contribution in [-0.4, -0.2) is 19.9 Å². The summed E-state index contributed by atoms with van der Waals surface area (Å²) in [5.74, 6) is 0.730. The van der Waals surface area contributed by atoms with Gasteiger partial charge in [-0.1, -0.05) is 46.7 Å². The predicted molar refractivity (Wildman–Crippen MR) is 112 cm³/mol. The number of nitrogens with one attached hydrogen (secondary N) is 1. The molecule has 5 nitrogen and oxygen atoms in total. The van der Waals surface area contributed by atoms with Gasteiger partial charge in [-0.15, -0.1) is 0 Å². The molecule has 0 spiro atoms. The van der Waals surface area contributed by atoms with Crippen LogP contribution in [0.15, 0.2) is 36.4 Å². The molecule has 0 saturated heterocycles. The number of thiazole rings is 1. The van der Waals surface area contributed by atoms with Gasteiger partial charge in [-0.05, 0) is 36.8 Å². The molecule has 0 atom stereocenters. The SMILES string of the molecule is Cc1nc(Nc2cccc(C(F)(F)F)n2)c2nc(Cc3c(Cl)cccc3Cl)sc2n1. The van der Waals surface area contributed by atoms with Crippen molar-refractivity contribution >= 4 is 56.5 Å². The van der Waals surface area contributed by atoms with E-state index in [2.05, 4.69) is 25.3 Å². The van der Waals surface area contributed by atoms with E-state index in [1.807, 2.05) is 0 Å². The minimum atomic E-state index is -4.55. The summed E-state index contributed by atoms with van der Waals surface area (Å²) in [7, 11) is 0. The molecule has 1 aromatic carbocycles. The van der Waals surface area contributed by atoms with Crippen molar-refractivity contribution in [2.45, 2.75) is 19.5 Å². The number of rotatable bonds is 4. The van der Waals surface area contributed by atoms with Crippen molar-refractivity contribution < 1.29 is 13.2 Å². The molecule has 0 saturated carbocycles. The number of aryl methyl sites for hydroxylation is 1. The summed E-state index contributed by atoms with van der Waals surface area (Å²) in [5.41, 5.74) is 0.170. The zero-order valence-electron chi connectivity index (χ0n) is 15.3. The van der Waals surface area contributed by atoms with E-state index < -0.39 is 11.9 Å². The van der Waals surface area contributed by atoms with E-state index in [1.165, 1.54) is 23.5 Å². The highest BCUT2D eigenvalue weighted by Gasteiger charge is 2.32. The van der Waals surface area contributed by atoms with Crippen LogP contribution >= 0.6 is 34.5 Å². The quantitative estimate of drug-likeness (QED) is 0.372. The third-order valence-electron chi connectivity index (χ3n) is 4.09. The van der Waals surface area contributed by atoms with Gasteiger partial charge in [0.15, 0.2) is 5.82 Å². The van der Waals surface area contributed by atoms with E-state index in [4.69, 9.17) is 23.2 Å². The molecule has 0 unspecified atom stereocenters. The monoisotopic (exact) mass is 469 g/mol. The van der Waals surface area contributed by atoms with Crippen molar-refractivity contribution in [3.8, 4) is 0 Å². The summed E-state index contributed by atoms with van der Waals surface area (Å²) in [6.45, 7) is 1.69. The van der Waals surface area contributed by atoms with Gasteiger partial charge in [-0.25, -0.2) is 19.9 Å². The Balaban J connectivity index is 1.71. The lowest BCUT2D eigenvalue weighted by Gasteiger charge is -2.09. The van der Waals surface area contributed by atoms with E-state index in [1.54, 1.807) is 25.1 Å². The second-order valence-corrected chi connectivity index (χ2v) is 8.17. The number of nitrogens with zero attached hydrogens (tertiary/aromatic N) is 4. The molecule has 1 N–H and O–H groups in total. The van der Waals surface area contributed by atoms with Crippen molar-refractivity contribution in [2.75, 3.05) is 5.32 Å². The fourth-order valence-corrected chi connectivity index (χ4v) is 4.30. The molecule has 3 aromatic heterocycles. The minimum Gasteiger partial charge on any atom is -0.323 e. The molecule has 0 aliphatic carbocycles. The van der Waals surface area contributed by atoms with E-state index in [-0.39, 0.29) is 11.6 Å². The fourth-order valence-electron chi connectivity index (χ4n) is 2.77. The highest BCUT2D eigenvalue weighted by atomic mass is 35.5. The number of fused-ring (bicyclic) bond motifs is 1. The van der Waals surface area contributed by atoms with Crippen LogP contribution in [0.3, 0.4) is 0 Å². The molecular formula is C19H12Cl2F3N5S. The second-order valence-electron chi connectivity index (χ2n) is 6.29. The lowest BCUT2D eigenvalue weighted by molar-refractivity contribution is -0.141. The van der Waals surface area contributed by atoms with Crippen LogP contribution in [0.5, 0.6) is 0 Å². The van der Waals surface area contributed by atoms with Crippen LogP contribution < -0.4 is 5.32 Å². The Bertz CT molecular complexity index is 1220. The number of pyridine rings is 1. The first-order chi connectivity index (χ1) is 14.2. The van der Waals surface area contributed by atoms with Crippen LogP contribution in [0.25, 0.3) is 10.3 Å². The lowest BCUT2D eigenvalue weighted by atomic mass is 10.1. The molecule has 0 aliphatic heterocycles. The molecule has 154 valence electrons. The molecule has 4 aromatic rings. The Morgan fingerprint density at radius 2 is 1.67 bits per heavy atom. The summed E-state index contributed by atoms with van der Waals surface area (Å²) in [4.78, 5) is 17.4. The summed E-state index contributed by atoms with van der Waals surface area (Å²) in [6.07, 6.45) is -4.16. The zero-order chi connectivity index (χ0) is 21.5. The van der Waals surface area contributed by atoms with Crippen molar-refractivity contribution in [3.05, 3.63) is 68.5 Å². The van der Waals surface area contributed by atoms with Gasteiger partial charge >= 0.3 is 6.18 Å². The molecule has 4 rings (SSSR count). The Morgan fingerprint density at radius 1 is 0.967 bits per heavy atom. The number of benzene rings is 1. The Hall–Kier alpha value is -2.49. The van der Waals surface area contributed by atoms with Gasteiger partial charge in [0.05, 0.1) is 0 Å². The lowest BCUT2D eigenvalue weighted by Crippen LogP contribution is -2.09.